The molecule has 0 aliphatic heterocycles. The maximum Gasteiger partial charge on any atom is 0.0609 e. The summed E-state index contributed by atoms with van der Waals surface area (Å²) in [6, 6.07) is 15.8. The van der Waals surface area contributed by atoms with Crippen LogP contribution in [-0.4, -0.2) is 23.5 Å². The van der Waals surface area contributed by atoms with Crippen molar-refractivity contribution in [3.05, 3.63) is 48.0 Å². The van der Waals surface area contributed by atoms with Gasteiger partial charge in [-0.15, -0.1) is 0 Å². The van der Waals surface area contributed by atoms with Crippen molar-refractivity contribution in [2.45, 2.75) is 39.8 Å². The van der Waals surface area contributed by atoms with Crippen LogP contribution in [0.4, 0.5) is 0 Å². The highest BCUT2D eigenvalue weighted by molar-refractivity contribution is 5.88. The van der Waals surface area contributed by atoms with Crippen LogP contribution in [0, 0.1) is 11.8 Å². The zero-order valence-corrected chi connectivity index (χ0v) is 12.9. The fourth-order valence-corrected chi connectivity index (χ4v) is 2.52. The van der Waals surface area contributed by atoms with E-state index >= 15 is 0 Å². The SMILES string of the molecule is CC(C)N(CC#Cc1cccc2ccccc12)C(C)C. The average Bonchev–Trinajstić information content (AvgIpc) is 2.42. The molecule has 2 aromatic rings. The van der Waals surface area contributed by atoms with E-state index in [4.69, 9.17) is 0 Å². The molecule has 2 rings (SSSR count). The minimum Gasteiger partial charge on any atom is -0.287 e. The fourth-order valence-electron chi connectivity index (χ4n) is 2.52. The molecule has 104 valence electrons. The highest BCUT2D eigenvalue weighted by Crippen LogP contribution is 2.17. The summed E-state index contributed by atoms with van der Waals surface area (Å²) in [4.78, 5) is 2.40. The minimum atomic E-state index is 0.525. The molecule has 0 spiro atoms. The Morgan fingerprint density at radius 1 is 0.900 bits per heavy atom. The van der Waals surface area contributed by atoms with Gasteiger partial charge in [-0.1, -0.05) is 48.2 Å². The molecule has 20 heavy (non-hydrogen) atoms. The summed E-state index contributed by atoms with van der Waals surface area (Å²) < 4.78 is 0. The van der Waals surface area contributed by atoms with E-state index in [0.717, 1.165) is 12.1 Å². The third-order valence-electron chi connectivity index (χ3n) is 3.60. The zero-order valence-electron chi connectivity index (χ0n) is 12.9. The number of benzene rings is 2. The van der Waals surface area contributed by atoms with Crippen LogP contribution >= 0.6 is 0 Å². The summed E-state index contributed by atoms with van der Waals surface area (Å²) in [5.41, 5.74) is 1.12. The number of hydrogen-bond donors (Lipinski definition) is 0. The van der Waals surface area contributed by atoms with E-state index in [9.17, 15) is 0 Å². The quantitative estimate of drug-likeness (QED) is 0.747. The maximum absolute atomic E-state index is 3.34. The van der Waals surface area contributed by atoms with Gasteiger partial charge in [0.1, 0.15) is 0 Å². The molecule has 0 bridgehead atoms. The summed E-state index contributed by atoms with van der Waals surface area (Å²) in [6.45, 7) is 9.71. The van der Waals surface area contributed by atoms with Crippen LogP contribution in [0.15, 0.2) is 42.5 Å². The minimum absolute atomic E-state index is 0.525. The van der Waals surface area contributed by atoms with Gasteiger partial charge in [-0.3, -0.25) is 4.90 Å². The predicted molar refractivity (Wildman–Crippen MR) is 87.8 cm³/mol. The summed E-state index contributed by atoms with van der Waals surface area (Å²) in [5, 5.41) is 2.49. The Kier molecular flexibility index (Phi) is 4.82. The molecule has 0 radical (unpaired) electrons. The van der Waals surface area contributed by atoms with Crippen molar-refractivity contribution in [1.82, 2.24) is 4.90 Å². The summed E-state index contributed by atoms with van der Waals surface area (Å²) in [7, 11) is 0. The van der Waals surface area contributed by atoms with E-state index < -0.39 is 0 Å². The van der Waals surface area contributed by atoms with Crippen LogP contribution in [0.3, 0.4) is 0 Å². The van der Waals surface area contributed by atoms with Gasteiger partial charge in [-0.2, -0.15) is 0 Å². The van der Waals surface area contributed by atoms with Gasteiger partial charge in [0.2, 0.25) is 0 Å². The molecule has 1 heteroatoms. The van der Waals surface area contributed by atoms with Crippen LogP contribution < -0.4 is 0 Å². The Labute approximate surface area is 122 Å². The number of fused-ring (bicyclic) bond motifs is 1. The van der Waals surface area contributed by atoms with Gasteiger partial charge in [0.25, 0.3) is 0 Å². The van der Waals surface area contributed by atoms with Gasteiger partial charge in [0, 0.05) is 17.6 Å². The summed E-state index contributed by atoms with van der Waals surface area (Å²) in [5.74, 6) is 6.67. The molecule has 0 aromatic heterocycles. The first-order valence-electron chi connectivity index (χ1n) is 7.32. The van der Waals surface area contributed by atoms with Gasteiger partial charge >= 0.3 is 0 Å². The second-order valence-corrected chi connectivity index (χ2v) is 5.69. The van der Waals surface area contributed by atoms with Gasteiger partial charge in [0.15, 0.2) is 0 Å². The molecule has 0 N–H and O–H groups in total. The van der Waals surface area contributed by atoms with Crippen molar-refractivity contribution in [3.63, 3.8) is 0 Å². The van der Waals surface area contributed by atoms with Gasteiger partial charge in [0.05, 0.1) is 6.54 Å². The number of hydrogen-bond acceptors (Lipinski definition) is 1. The van der Waals surface area contributed by atoms with E-state index in [0.29, 0.717) is 12.1 Å². The highest BCUT2D eigenvalue weighted by atomic mass is 15.2. The van der Waals surface area contributed by atoms with Gasteiger partial charge in [-0.25, -0.2) is 0 Å². The van der Waals surface area contributed by atoms with Crippen LogP contribution in [0.25, 0.3) is 10.8 Å². The first-order chi connectivity index (χ1) is 9.59. The first-order valence-corrected chi connectivity index (χ1v) is 7.32. The van der Waals surface area contributed by atoms with Gasteiger partial charge in [-0.05, 0) is 44.5 Å². The van der Waals surface area contributed by atoms with Crippen LogP contribution in [-0.2, 0) is 0 Å². The molecule has 0 atom stereocenters. The lowest BCUT2D eigenvalue weighted by atomic mass is 10.1. The van der Waals surface area contributed by atoms with E-state index in [1.54, 1.807) is 0 Å². The topological polar surface area (TPSA) is 3.24 Å². The Bertz CT molecular complexity index is 615. The lowest BCUT2D eigenvalue weighted by Crippen LogP contribution is -2.37. The normalized spacial score (nSPS) is 11.2. The van der Waals surface area contributed by atoms with Crippen LogP contribution in [0.5, 0.6) is 0 Å². The molecule has 0 heterocycles. The van der Waals surface area contributed by atoms with E-state index in [1.165, 1.54) is 10.8 Å². The molecule has 0 unspecified atom stereocenters. The predicted octanol–water partition coefficient (Wildman–Crippen LogP) is 4.31. The molecule has 1 nitrogen and oxygen atoms in total. The molecular weight excluding hydrogens is 242 g/mol. The van der Waals surface area contributed by atoms with E-state index in [-0.39, 0.29) is 0 Å². The first kappa shape index (κ1) is 14.6. The second kappa shape index (κ2) is 6.59. The van der Waals surface area contributed by atoms with Crippen molar-refractivity contribution in [2.24, 2.45) is 0 Å². The third kappa shape index (κ3) is 3.40. The monoisotopic (exact) mass is 265 g/mol. The fraction of sp³-hybridized carbons (Fsp3) is 0.368. The van der Waals surface area contributed by atoms with E-state index in [1.807, 2.05) is 0 Å². The van der Waals surface area contributed by atoms with Gasteiger partial charge < -0.3 is 0 Å². The molecule has 2 aromatic carbocycles. The van der Waals surface area contributed by atoms with Crippen molar-refractivity contribution < 1.29 is 0 Å². The number of rotatable bonds is 3. The average molecular weight is 265 g/mol. The highest BCUT2D eigenvalue weighted by Gasteiger charge is 2.10. The standard InChI is InChI=1S/C19H23N/c1-15(2)20(16(3)4)14-8-12-18-11-7-10-17-9-5-6-13-19(17)18/h5-7,9-11,13,15-16H,14H2,1-4H3. The second-order valence-electron chi connectivity index (χ2n) is 5.69. The number of nitrogens with zero attached hydrogens (tertiary/aromatic N) is 1. The van der Waals surface area contributed by atoms with Crippen LogP contribution in [0.1, 0.15) is 33.3 Å². The molecule has 0 aliphatic rings. The Morgan fingerprint density at radius 3 is 2.25 bits per heavy atom. The molecule has 0 fully saturated rings. The van der Waals surface area contributed by atoms with Crippen molar-refractivity contribution in [2.75, 3.05) is 6.54 Å². The van der Waals surface area contributed by atoms with E-state index in [2.05, 4.69) is 86.9 Å². The summed E-state index contributed by atoms with van der Waals surface area (Å²) in [6.07, 6.45) is 0. The Morgan fingerprint density at radius 2 is 1.55 bits per heavy atom. The molecular formula is C19H23N. The summed E-state index contributed by atoms with van der Waals surface area (Å²) >= 11 is 0. The van der Waals surface area contributed by atoms with Crippen molar-refractivity contribution >= 4 is 10.8 Å². The van der Waals surface area contributed by atoms with Crippen molar-refractivity contribution in [1.29, 1.82) is 0 Å². The molecule has 0 saturated carbocycles. The Balaban J connectivity index is 2.23. The maximum atomic E-state index is 3.34. The molecule has 0 amide bonds. The smallest absolute Gasteiger partial charge is 0.0609 e. The zero-order chi connectivity index (χ0) is 14.5. The molecule has 0 aliphatic carbocycles. The Hall–Kier alpha value is -1.78. The molecule has 0 saturated heterocycles. The largest absolute Gasteiger partial charge is 0.287 e. The lowest BCUT2D eigenvalue weighted by Gasteiger charge is -2.28. The van der Waals surface area contributed by atoms with Crippen molar-refractivity contribution in [3.8, 4) is 11.8 Å². The third-order valence-corrected chi connectivity index (χ3v) is 3.60. The van der Waals surface area contributed by atoms with Crippen LogP contribution in [0.2, 0.25) is 0 Å². The lowest BCUT2D eigenvalue weighted by molar-refractivity contribution is 0.200.